The van der Waals surface area contributed by atoms with E-state index in [-0.39, 0.29) is 0 Å². The maximum atomic E-state index is 5.72. The Labute approximate surface area is 98.1 Å². The number of hydrogen-bond acceptors (Lipinski definition) is 2. The minimum absolute atomic E-state index is 0.690. The van der Waals surface area contributed by atoms with Crippen LogP contribution in [0.5, 0.6) is 0 Å². The predicted molar refractivity (Wildman–Crippen MR) is 65.7 cm³/mol. The molecule has 0 unspecified atom stereocenters. The van der Waals surface area contributed by atoms with E-state index < -0.39 is 0 Å². The lowest BCUT2D eigenvalue weighted by Gasteiger charge is -2.24. The first kappa shape index (κ1) is 14.5. The molecule has 0 aromatic rings. The van der Waals surface area contributed by atoms with Gasteiger partial charge < -0.3 is 4.90 Å². The van der Waals surface area contributed by atoms with Crippen LogP contribution in [0.15, 0.2) is 0 Å². The van der Waals surface area contributed by atoms with Crippen LogP contribution in [0.3, 0.4) is 0 Å². The largest absolute Gasteiger partial charge is 0.303 e. The Morgan fingerprint density at radius 1 is 0.714 bits per heavy atom. The van der Waals surface area contributed by atoms with Crippen LogP contribution in [0.1, 0.15) is 13.8 Å². The molecule has 0 aromatic heterocycles. The van der Waals surface area contributed by atoms with Crippen LogP contribution >= 0.6 is 23.2 Å². The number of nitrogens with zero attached hydrogens (tertiary/aromatic N) is 2. The molecule has 0 heterocycles. The standard InChI is InChI=1S/C10H22Cl2N2/c1-3-13(4-2)9-10-14(7-5-11)8-6-12/h3-10H2,1-2H3. The van der Waals surface area contributed by atoms with Gasteiger partial charge in [-0.15, -0.1) is 23.2 Å². The molecule has 0 radical (unpaired) electrons. The molecule has 86 valence electrons. The van der Waals surface area contributed by atoms with Crippen molar-refractivity contribution < 1.29 is 0 Å². The zero-order valence-electron chi connectivity index (χ0n) is 9.31. The predicted octanol–water partition coefficient (Wildman–Crippen LogP) is 2.11. The summed E-state index contributed by atoms with van der Waals surface area (Å²) in [7, 11) is 0. The zero-order chi connectivity index (χ0) is 10.8. The van der Waals surface area contributed by atoms with E-state index >= 15 is 0 Å². The van der Waals surface area contributed by atoms with Crippen molar-refractivity contribution in [2.45, 2.75) is 13.8 Å². The smallest absolute Gasteiger partial charge is 0.0351 e. The maximum absolute atomic E-state index is 5.72. The average molecular weight is 241 g/mol. The molecule has 4 heteroatoms. The lowest BCUT2D eigenvalue weighted by atomic mass is 10.4. The normalized spacial score (nSPS) is 11.6. The van der Waals surface area contributed by atoms with E-state index in [2.05, 4.69) is 23.6 Å². The van der Waals surface area contributed by atoms with E-state index in [9.17, 15) is 0 Å². The second-order valence-corrected chi connectivity index (χ2v) is 4.00. The van der Waals surface area contributed by atoms with Gasteiger partial charge in [0, 0.05) is 37.9 Å². The third kappa shape index (κ3) is 6.88. The zero-order valence-corrected chi connectivity index (χ0v) is 10.8. The highest BCUT2D eigenvalue weighted by molar-refractivity contribution is 6.18. The second kappa shape index (κ2) is 10.0. The fourth-order valence-corrected chi connectivity index (χ4v) is 1.88. The summed E-state index contributed by atoms with van der Waals surface area (Å²) < 4.78 is 0. The summed E-state index contributed by atoms with van der Waals surface area (Å²) in [5.74, 6) is 1.38. The highest BCUT2D eigenvalue weighted by atomic mass is 35.5. The Kier molecular flexibility index (Phi) is 10.4. The molecule has 0 N–H and O–H groups in total. The number of rotatable bonds is 9. The highest BCUT2D eigenvalue weighted by Crippen LogP contribution is 1.94. The van der Waals surface area contributed by atoms with Crippen LogP contribution in [0.2, 0.25) is 0 Å². The van der Waals surface area contributed by atoms with Crippen LogP contribution in [0, 0.1) is 0 Å². The average Bonchev–Trinajstić information content (AvgIpc) is 2.20. The van der Waals surface area contributed by atoms with Gasteiger partial charge in [0.1, 0.15) is 0 Å². The SMILES string of the molecule is CCN(CC)CCN(CCCl)CCCl. The minimum Gasteiger partial charge on any atom is -0.303 e. The van der Waals surface area contributed by atoms with E-state index in [4.69, 9.17) is 23.2 Å². The summed E-state index contributed by atoms with van der Waals surface area (Å²) in [6, 6.07) is 0. The summed E-state index contributed by atoms with van der Waals surface area (Å²) in [6.07, 6.45) is 0. The Hall–Kier alpha value is 0.500. The first-order valence-electron chi connectivity index (χ1n) is 5.35. The molecule has 0 amide bonds. The van der Waals surface area contributed by atoms with E-state index in [1.54, 1.807) is 0 Å². The fraction of sp³-hybridized carbons (Fsp3) is 1.00. The van der Waals surface area contributed by atoms with Gasteiger partial charge in [0.2, 0.25) is 0 Å². The van der Waals surface area contributed by atoms with Gasteiger partial charge in [-0.25, -0.2) is 0 Å². The van der Waals surface area contributed by atoms with E-state index in [0.717, 1.165) is 39.3 Å². The number of hydrogen-bond donors (Lipinski definition) is 0. The Morgan fingerprint density at radius 3 is 1.50 bits per heavy atom. The van der Waals surface area contributed by atoms with Crippen molar-refractivity contribution in [1.82, 2.24) is 9.80 Å². The molecule has 0 aliphatic rings. The molecule has 0 saturated carbocycles. The Morgan fingerprint density at radius 2 is 1.14 bits per heavy atom. The van der Waals surface area contributed by atoms with Crippen molar-refractivity contribution in [3.05, 3.63) is 0 Å². The van der Waals surface area contributed by atoms with Crippen LogP contribution in [0.25, 0.3) is 0 Å². The maximum Gasteiger partial charge on any atom is 0.0351 e. The minimum atomic E-state index is 0.690. The van der Waals surface area contributed by atoms with Gasteiger partial charge in [-0.2, -0.15) is 0 Å². The van der Waals surface area contributed by atoms with Crippen LogP contribution in [-0.4, -0.2) is 60.8 Å². The molecular weight excluding hydrogens is 219 g/mol. The second-order valence-electron chi connectivity index (χ2n) is 3.25. The fourth-order valence-electron chi connectivity index (χ4n) is 1.40. The molecule has 2 nitrogen and oxygen atoms in total. The van der Waals surface area contributed by atoms with Crippen LogP contribution in [0.4, 0.5) is 0 Å². The number of halogens is 2. The van der Waals surface area contributed by atoms with Gasteiger partial charge in [-0.3, -0.25) is 4.90 Å². The molecular formula is C10H22Cl2N2. The van der Waals surface area contributed by atoms with Crippen molar-refractivity contribution in [3.8, 4) is 0 Å². The topological polar surface area (TPSA) is 6.48 Å². The molecule has 0 fully saturated rings. The van der Waals surface area contributed by atoms with Crippen LogP contribution < -0.4 is 0 Å². The molecule has 0 bridgehead atoms. The Bertz CT molecular complexity index is 113. The molecule has 0 aromatic carbocycles. The van der Waals surface area contributed by atoms with Gasteiger partial charge >= 0.3 is 0 Å². The molecule has 0 atom stereocenters. The number of alkyl halides is 2. The van der Waals surface area contributed by atoms with Gasteiger partial charge in [-0.1, -0.05) is 13.8 Å². The van der Waals surface area contributed by atoms with Gasteiger partial charge in [0.05, 0.1) is 0 Å². The molecule has 0 rings (SSSR count). The van der Waals surface area contributed by atoms with Gasteiger partial charge in [0.15, 0.2) is 0 Å². The Balaban J connectivity index is 3.67. The summed E-state index contributed by atoms with van der Waals surface area (Å²) in [5.41, 5.74) is 0. The summed E-state index contributed by atoms with van der Waals surface area (Å²) in [4.78, 5) is 4.73. The highest BCUT2D eigenvalue weighted by Gasteiger charge is 2.05. The van der Waals surface area contributed by atoms with E-state index in [1.165, 1.54) is 0 Å². The van der Waals surface area contributed by atoms with E-state index in [1.807, 2.05) is 0 Å². The lowest BCUT2D eigenvalue weighted by Crippen LogP contribution is -2.37. The molecule has 14 heavy (non-hydrogen) atoms. The van der Waals surface area contributed by atoms with Crippen molar-refractivity contribution in [2.75, 3.05) is 51.0 Å². The number of likely N-dealkylation sites (N-methyl/N-ethyl adjacent to an activating group) is 1. The third-order valence-electron chi connectivity index (χ3n) is 2.43. The quantitative estimate of drug-likeness (QED) is 0.570. The van der Waals surface area contributed by atoms with Crippen molar-refractivity contribution in [1.29, 1.82) is 0 Å². The molecule has 0 saturated heterocycles. The lowest BCUT2D eigenvalue weighted by molar-refractivity contribution is 0.229. The van der Waals surface area contributed by atoms with Crippen molar-refractivity contribution in [2.24, 2.45) is 0 Å². The van der Waals surface area contributed by atoms with Crippen molar-refractivity contribution >= 4 is 23.2 Å². The first-order valence-corrected chi connectivity index (χ1v) is 6.42. The molecule has 0 aliphatic heterocycles. The van der Waals surface area contributed by atoms with Gasteiger partial charge in [0.25, 0.3) is 0 Å². The third-order valence-corrected chi connectivity index (χ3v) is 2.77. The summed E-state index contributed by atoms with van der Waals surface area (Å²) in [6.45, 7) is 10.7. The first-order chi connectivity index (χ1) is 6.78. The molecule has 0 aliphatic carbocycles. The van der Waals surface area contributed by atoms with Crippen LogP contribution in [-0.2, 0) is 0 Å². The monoisotopic (exact) mass is 240 g/mol. The van der Waals surface area contributed by atoms with Crippen molar-refractivity contribution in [3.63, 3.8) is 0 Å². The molecule has 0 spiro atoms. The summed E-state index contributed by atoms with van der Waals surface area (Å²) in [5, 5.41) is 0. The van der Waals surface area contributed by atoms with E-state index in [0.29, 0.717) is 11.8 Å². The van der Waals surface area contributed by atoms with Gasteiger partial charge in [-0.05, 0) is 13.1 Å². The summed E-state index contributed by atoms with van der Waals surface area (Å²) >= 11 is 11.4.